The van der Waals surface area contributed by atoms with Crippen LogP contribution >= 0.6 is 0 Å². The Morgan fingerprint density at radius 3 is 2.58 bits per heavy atom. The molecule has 3 rings (SSSR count). The van der Waals surface area contributed by atoms with Gasteiger partial charge in [-0.05, 0) is 41.8 Å². The van der Waals surface area contributed by atoms with Gasteiger partial charge in [0.2, 0.25) is 0 Å². The Labute approximate surface area is 152 Å². The van der Waals surface area contributed by atoms with Crippen LogP contribution < -0.4 is 15.4 Å². The van der Waals surface area contributed by atoms with E-state index in [1.807, 2.05) is 48.0 Å². The van der Waals surface area contributed by atoms with Crippen molar-refractivity contribution in [3.05, 3.63) is 77.9 Å². The fraction of sp³-hybridized carbons (Fsp3) is 0.200. The summed E-state index contributed by atoms with van der Waals surface area (Å²) in [6.45, 7) is 3.19. The molecule has 0 saturated carbocycles. The summed E-state index contributed by atoms with van der Waals surface area (Å²) in [5.41, 5.74) is 3.93. The summed E-state index contributed by atoms with van der Waals surface area (Å²) in [6.07, 6.45) is 5.49. The van der Waals surface area contributed by atoms with E-state index in [-0.39, 0.29) is 6.03 Å². The minimum absolute atomic E-state index is 0.239. The summed E-state index contributed by atoms with van der Waals surface area (Å²) in [5.74, 6) is 0.798. The molecule has 3 aromatic rings. The van der Waals surface area contributed by atoms with E-state index < -0.39 is 0 Å². The van der Waals surface area contributed by atoms with Crippen molar-refractivity contribution >= 4 is 11.7 Å². The molecule has 2 N–H and O–H groups in total. The van der Waals surface area contributed by atoms with Crippen LogP contribution in [0.15, 0.2) is 61.2 Å². The molecule has 0 radical (unpaired) electrons. The lowest BCUT2D eigenvalue weighted by atomic mass is 10.1. The molecule has 0 aliphatic rings. The Kier molecular flexibility index (Phi) is 5.53. The molecule has 6 nitrogen and oxygen atoms in total. The Morgan fingerprint density at radius 2 is 1.92 bits per heavy atom. The number of carbonyl (C=O) groups is 1. The van der Waals surface area contributed by atoms with Crippen LogP contribution in [-0.2, 0) is 13.1 Å². The zero-order chi connectivity index (χ0) is 18.4. The normalized spacial score (nSPS) is 10.4. The average Bonchev–Trinajstić information content (AvgIpc) is 3.14. The van der Waals surface area contributed by atoms with Gasteiger partial charge in [0.25, 0.3) is 0 Å². The Hall–Kier alpha value is -3.28. The summed E-state index contributed by atoms with van der Waals surface area (Å²) >= 11 is 0. The summed E-state index contributed by atoms with van der Waals surface area (Å²) < 4.78 is 7.23. The van der Waals surface area contributed by atoms with E-state index in [9.17, 15) is 4.79 Å². The number of nitrogens with one attached hydrogen (secondary N) is 2. The number of anilines is 1. The Balaban J connectivity index is 1.50. The van der Waals surface area contributed by atoms with Gasteiger partial charge in [-0.25, -0.2) is 9.78 Å². The maximum absolute atomic E-state index is 12.1. The molecule has 0 saturated heterocycles. The minimum Gasteiger partial charge on any atom is -0.496 e. The van der Waals surface area contributed by atoms with Crippen LogP contribution in [0.5, 0.6) is 5.75 Å². The molecular formula is C20H22N4O2. The number of aryl methyl sites for hydroxylation is 1. The maximum Gasteiger partial charge on any atom is 0.319 e. The fourth-order valence-electron chi connectivity index (χ4n) is 2.67. The first-order valence-electron chi connectivity index (χ1n) is 8.37. The van der Waals surface area contributed by atoms with E-state index in [1.54, 1.807) is 19.6 Å². The van der Waals surface area contributed by atoms with E-state index in [0.717, 1.165) is 29.1 Å². The van der Waals surface area contributed by atoms with Crippen LogP contribution in [0.4, 0.5) is 10.5 Å². The van der Waals surface area contributed by atoms with Crippen LogP contribution in [0, 0.1) is 6.92 Å². The lowest BCUT2D eigenvalue weighted by Crippen LogP contribution is -2.28. The van der Waals surface area contributed by atoms with Crippen molar-refractivity contribution in [2.45, 2.75) is 20.0 Å². The van der Waals surface area contributed by atoms with Crippen molar-refractivity contribution in [1.82, 2.24) is 14.9 Å². The average molecular weight is 350 g/mol. The van der Waals surface area contributed by atoms with E-state index in [0.29, 0.717) is 6.54 Å². The van der Waals surface area contributed by atoms with E-state index in [4.69, 9.17) is 4.74 Å². The van der Waals surface area contributed by atoms with E-state index in [1.165, 1.54) is 5.56 Å². The molecule has 0 fully saturated rings. The highest BCUT2D eigenvalue weighted by Crippen LogP contribution is 2.21. The van der Waals surface area contributed by atoms with Gasteiger partial charge in [0.15, 0.2) is 0 Å². The molecule has 0 aliphatic heterocycles. The first kappa shape index (κ1) is 17.5. The number of hydrogen-bond acceptors (Lipinski definition) is 3. The lowest BCUT2D eigenvalue weighted by molar-refractivity contribution is 0.251. The molecule has 6 heteroatoms. The van der Waals surface area contributed by atoms with Gasteiger partial charge in [0.1, 0.15) is 5.75 Å². The van der Waals surface area contributed by atoms with Crippen molar-refractivity contribution in [1.29, 1.82) is 0 Å². The van der Waals surface area contributed by atoms with Crippen LogP contribution in [0.2, 0.25) is 0 Å². The summed E-state index contributed by atoms with van der Waals surface area (Å²) in [4.78, 5) is 16.1. The fourth-order valence-corrected chi connectivity index (χ4v) is 2.67. The zero-order valence-electron chi connectivity index (χ0n) is 14.9. The highest BCUT2D eigenvalue weighted by atomic mass is 16.5. The number of amides is 2. The number of hydrogen-bond donors (Lipinski definition) is 2. The molecule has 0 aliphatic carbocycles. The number of aromatic nitrogens is 2. The van der Waals surface area contributed by atoms with Gasteiger partial charge in [-0.2, -0.15) is 0 Å². The van der Waals surface area contributed by atoms with Crippen LogP contribution in [0.25, 0.3) is 0 Å². The molecule has 0 spiro atoms. The summed E-state index contributed by atoms with van der Waals surface area (Å²) in [5, 5.41) is 5.69. The van der Waals surface area contributed by atoms with Gasteiger partial charge < -0.3 is 19.9 Å². The van der Waals surface area contributed by atoms with Crippen molar-refractivity contribution in [2.75, 3.05) is 12.4 Å². The number of ether oxygens (including phenoxy) is 1. The SMILES string of the molecule is COc1ccc(NC(=O)NCc2ccc(Cn3ccnc3)cc2)cc1C. The van der Waals surface area contributed by atoms with Gasteiger partial charge in [-0.15, -0.1) is 0 Å². The maximum atomic E-state index is 12.1. The third kappa shape index (κ3) is 4.63. The lowest BCUT2D eigenvalue weighted by Gasteiger charge is -2.10. The first-order valence-corrected chi connectivity index (χ1v) is 8.37. The van der Waals surface area contributed by atoms with Crippen LogP contribution in [0.1, 0.15) is 16.7 Å². The molecule has 0 unspecified atom stereocenters. The minimum atomic E-state index is -0.239. The third-order valence-electron chi connectivity index (χ3n) is 4.05. The highest BCUT2D eigenvalue weighted by Gasteiger charge is 2.05. The van der Waals surface area contributed by atoms with Gasteiger partial charge in [-0.1, -0.05) is 24.3 Å². The molecule has 1 heterocycles. The summed E-state index contributed by atoms with van der Waals surface area (Å²) in [7, 11) is 1.63. The molecule has 1 aromatic heterocycles. The highest BCUT2D eigenvalue weighted by molar-refractivity contribution is 5.89. The summed E-state index contributed by atoms with van der Waals surface area (Å²) in [6, 6.07) is 13.4. The number of benzene rings is 2. The molecule has 0 atom stereocenters. The second kappa shape index (κ2) is 8.20. The van der Waals surface area contributed by atoms with Gasteiger partial charge in [0, 0.05) is 31.2 Å². The second-order valence-electron chi connectivity index (χ2n) is 6.04. The molecule has 2 amide bonds. The smallest absolute Gasteiger partial charge is 0.319 e. The predicted octanol–water partition coefficient (Wildman–Crippen LogP) is 3.57. The number of imidazole rings is 1. The van der Waals surface area contributed by atoms with Gasteiger partial charge >= 0.3 is 6.03 Å². The van der Waals surface area contributed by atoms with Gasteiger partial charge in [-0.3, -0.25) is 0 Å². The zero-order valence-corrected chi connectivity index (χ0v) is 14.9. The number of carbonyl (C=O) groups excluding carboxylic acids is 1. The standard InChI is InChI=1S/C20H22N4O2/c1-15-11-18(7-8-19(15)26-2)23-20(25)22-12-16-3-5-17(6-4-16)13-24-10-9-21-14-24/h3-11,14H,12-13H2,1-2H3,(H2,22,23,25). The van der Waals surface area contributed by atoms with Crippen molar-refractivity contribution in [2.24, 2.45) is 0 Å². The third-order valence-corrected chi connectivity index (χ3v) is 4.05. The van der Waals surface area contributed by atoms with Crippen LogP contribution in [-0.4, -0.2) is 22.7 Å². The van der Waals surface area contributed by atoms with Gasteiger partial charge in [0.05, 0.1) is 13.4 Å². The molecule has 0 bridgehead atoms. The topological polar surface area (TPSA) is 68.2 Å². The molecule has 26 heavy (non-hydrogen) atoms. The van der Waals surface area contributed by atoms with Crippen LogP contribution in [0.3, 0.4) is 0 Å². The number of methoxy groups -OCH3 is 1. The monoisotopic (exact) mass is 350 g/mol. The molecule has 134 valence electrons. The predicted molar refractivity (Wildman–Crippen MR) is 101 cm³/mol. The second-order valence-corrected chi connectivity index (χ2v) is 6.04. The first-order chi connectivity index (χ1) is 12.6. The largest absolute Gasteiger partial charge is 0.496 e. The van der Waals surface area contributed by atoms with E-state index >= 15 is 0 Å². The van der Waals surface area contributed by atoms with Crippen molar-refractivity contribution < 1.29 is 9.53 Å². The van der Waals surface area contributed by atoms with Crippen molar-refractivity contribution in [3.63, 3.8) is 0 Å². The quantitative estimate of drug-likeness (QED) is 0.714. The molecular weight excluding hydrogens is 328 g/mol. The van der Waals surface area contributed by atoms with E-state index in [2.05, 4.69) is 27.8 Å². The molecule has 2 aromatic carbocycles. The number of rotatable bonds is 6. The Bertz CT molecular complexity index is 858. The number of nitrogens with zero attached hydrogens (tertiary/aromatic N) is 2. The Morgan fingerprint density at radius 1 is 1.15 bits per heavy atom. The van der Waals surface area contributed by atoms with Crippen molar-refractivity contribution in [3.8, 4) is 5.75 Å². The number of urea groups is 1.